The van der Waals surface area contributed by atoms with Crippen molar-refractivity contribution < 1.29 is 16.8 Å². The monoisotopic (exact) mass is 371 g/mol. The molecule has 2 aliphatic rings. The van der Waals surface area contributed by atoms with Gasteiger partial charge in [0.2, 0.25) is 10.0 Å². The average Bonchev–Trinajstić information content (AvgIpc) is 3.22. The number of hydrogen-bond donors (Lipinski definition) is 0. The molecular formula is C17H25NO4S2. The van der Waals surface area contributed by atoms with Crippen LogP contribution in [0.5, 0.6) is 0 Å². The quantitative estimate of drug-likeness (QED) is 0.814. The molecule has 1 heterocycles. The van der Waals surface area contributed by atoms with E-state index in [4.69, 9.17) is 0 Å². The molecular weight excluding hydrogens is 346 g/mol. The highest BCUT2D eigenvalue weighted by molar-refractivity contribution is 7.92. The lowest BCUT2D eigenvalue weighted by Crippen LogP contribution is -2.42. The van der Waals surface area contributed by atoms with Crippen molar-refractivity contribution in [2.24, 2.45) is 0 Å². The molecule has 0 spiro atoms. The summed E-state index contributed by atoms with van der Waals surface area (Å²) >= 11 is 0. The second-order valence-electron chi connectivity index (χ2n) is 7.90. The van der Waals surface area contributed by atoms with Crippen molar-refractivity contribution in [2.45, 2.75) is 62.4 Å². The summed E-state index contributed by atoms with van der Waals surface area (Å²) in [5.74, 6) is 0.0299. The maximum atomic E-state index is 13.1. The third kappa shape index (κ3) is 3.53. The fourth-order valence-corrected chi connectivity index (χ4v) is 6.95. The number of hydrogen-bond acceptors (Lipinski definition) is 4. The van der Waals surface area contributed by atoms with Crippen LogP contribution >= 0.6 is 0 Å². The van der Waals surface area contributed by atoms with Crippen LogP contribution in [0.3, 0.4) is 0 Å². The molecule has 0 aromatic heterocycles. The van der Waals surface area contributed by atoms with Gasteiger partial charge in [0.15, 0.2) is 9.84 Å². The normalized spacial score (nSPS) is 24.4. The van der Waals surface area contributed by atoms with Crippen molar-refractivity contribution in [3.8, 4) is 0 Å². The van der Waals surface area contributed by atoms with Crippen LogP contribution in [-0.4, -0.2) is 44.7 Å². The predicted octanol–water partition coefficient (Wildman–Crippen LogP) is 2.32. The van der Waals surface area contributed by atoms with Gasteiger partial charge in [-0.1, -0.05) is 32.9 Å². The first-order valence-electron chi connectivity index (χ1n) is 8.35. The highest BCUT2D eigenvalue weighted by atomic mass is 32.2. The van der Waals surface area contributed by atoms with Gasteiger partial charge in [0, 0.05) is 12.1 Å². The third-order valence-electron chi connectivity index (χ3n) is 4.77. The maximum Gasteiger partial charge on any atom is 0.243 e. The summed E-state index contributed by atoms with van der Waals surface area (Å²) in [6.07, 6.45) is 2.03. The van der Waals surface area contributed by atoms with Gasteiger partial charge in [0.25, 0.3) is 0 Å². The molecule has 134 valence electrons. The van der Waals surface area contributed by atoms with Crippen LogP contribution < -0.4 is 0 Å². The molecule has 1 atom stereocenters. The first kappa shape index (κ1) is 17.9. The van der Waals surface area contributed by atoms with E-state index in [0.29, 0.717) is 6.42 Å². The van der Waals surface area contributed by atoms with Gasteiger partial charge in [-0.3, -0.25) is 0 Å². The molecule has 3 rings (SSSR count). The molecule has 7 heteroatoms. The van der Waals surface area contributed by atoms with E-state index in [-0.39, 0.29) is 27.9 Å². The van der Waals surface area contributed by atoms with Crippen molar-refractivity contribution in [1.29, 1.82) is 0 Å². The van der Waals surface area contributed by atoms with Crippen LogP contribution in [0.15, 0.2) is 29.2 Å². The minimum Gasteiger partial charge on any atom is -0.229 e. The van der Waals surface area contributed by atoms with Crippen LogP contribution in [0.25, 0.3) is 0 Å². The average molecular weight is 372 g/mol. The Bertz CT molecular complexity index is 816. The summed E-state index contributed by atoms with van der Waals surface area (Å²) in [6.45, 7) is 6.24. The van der Waals surface area contributed by atoms with Gasteiger partial charge in [0.05, 0.1) is 16.4 Å². The lowest BCUT2D eigenvalue weighted by atomic mass is 9.87. The minimum atomic E-state index is -3.66. The fraction of sp³-hybridized carbons (Fsp3) is 0.647. The van der Waals surface area contributed by atoms with Gasteiger partial charge in [-0.2, -0.15) is 4.31 Å². The third-order valence-corrected chi connectivity index (χ3v) is 8.54. The summed E-state index contributed by atoms with van der Waals surface area (Å²) in [5, 5.41) is 0. The molecule has 1 aromatic rings. The molecule has 0 bridgehead atoms. The van der Waals surface area contributed by atoms with E-state index in [1.54, 1.807) is 12.1 Å². The minimum absolute atomic E-state index is 0.0436. The molecule has 0 unspecified atom stereocenters. The molecule has 1 aliphatic carbocycles. The summed E-state index contributed by atoms with van der Waals surface area (Å²) in [5.41, 5.74) is 1.03. The fourth-order valence-electron chi connectivity index (χ4n) is 3.24. The zero-order chi connectivity index (χ0) is 17.8. The Hall–Kier alpha value is -0.920. The first-order valence-corrected chi connectivity index (χ1v) is 11.6. The molecule has 1 aromatic carbocycles. The number of sulfone groups is 1. The zero-order valence-corrected chi connectivity index (χ0v) is 16.0. The summed E-state index contributed by atoms with van der Waals surface area (Å²) < 4.78 is 51.3. The first-order chi connectivity index (χ1) is 11.0. The van der Waals surface area contributed by atoms with Crippen LogP contribution in [0, 0.1) is 0 Å². The maximum absolute atomic E-state index is 13.1. The van der Waals surface area contributed by atoms with E-state index in [1.807, 2.05) is 12.1 Å². The van der Waals surface area contributed by atoms with E-state index in [9.17, 15) is 16.8 Å². The molecule has 1 aliphatic heterocycles. The Morgan fingerprint density at radius 2 is 1.58 bits per heavy atom. The number of nitrogens with zero attached hydrogens (tertiary/aromatic N) is 1. The van der Waals surface area contributed by atoms with Crippen LogP contribution in [-0.2, 0) is 25.3 Å². The SMILES string of the molecule is CC(C)(C)c1ccc(S(=O)(=O)N(C2CC2)[C@@H]2CCS(=O)(=O)C2)cc1. The van der Waals surface area contributed by atoms with Gasteiger partial charge < -0.3 is 0 Å². The van der Waals surface area contributed by atoms with Gasteiger partial charge in [-0.15, -0.1) is 0 Å². The zero-order valence-electron chi connectivity index (χ0n) is 14.4. The van der Waals surface area contributed by atoms with E-state index >= 15 is 0 Å². The number of rotatable bonds is 4. The van der Waals surface area contributed by atoms with Crippen LogP contribution in [0.4, 0.5) is 0 Å². The van der Waals surface area contributed by atoms with Crippen molar-refractivity contribution in [3.63, 3.8) is 0 Å². The number of sulfonamides is 1. The summed E-state index contributed by atoms with van der Waals surface area (Å²) in [6, 6.07) is 6.53. The van der Waals surface area contributed by atoms with Crippen LogP contribution in [0.1, 0.15) is 45.6 Å². The van der Waals surface area contributed by atoms with Crippen molar-refractivity contribution >= 4 is 19.9 Å². The molecule has 2 fully saturated rings. The lowest BCUT2D eigenvalue weighted by molar-refractivity contribution is 0.332. The Labute approximate surface area is 145 Å². The number of benzene rings is 1. The van der Waals surface area contributed by atoms with E-state index < -0.39 is 25.9 Å². The molecule has 0 amide bonds. The van der Waals surface area contributed by atoms with E-state index in [1.165, 1.54) is 4.31 Å². The van der Waals surface area contributed by atoms with E-state index in [0.717, 1.165) is 18.4 Å². The van der Waals surface area contributed by atoms with Gasteiger partial charge >= 0.3 is 0 Å². The van der Waals surface area contributed by atoms with Crippen molar-refractivity contribution in [1.82, 2.24) is 4.31 Å². The Balaban J connectivity index is 1.92. The standard InChI is InChI=1S/C17H25NO4S2/c1-17(2,3)13-4-8-16(9-5-13)24(21,22)18(14-6-7-14)15-10-11-23(19,20)12-15/h4-5,8-9,14-15H,6-7,10-12H2,1-3H3/t15-/m1/s1. The molecule has 24 heavy (non-hydrogen) atoms. The second-order valence-corrected chi connectivity index (χ2v) is 12.0. The molecule has 1 saturated heterocycles. The van der Waals surface area contributed by atoms with Crippen molar-refractivity contribution in [3.05, 3.63) is 29.8 Å². The van der Waals surface area contributed by atoms with Gasteiger partial charge in [-0.25, -0.2) is 16.8 Å². The Kier molecular flexibility index (Phi) is 4.33. The Morgan fingerprint density at radius 1 is 1.00 bits per heavy atom. The second kappa shape index (κ2) is 5.81. The smallest absolute Gasteiger partial charge is 0.229 e. The van der Waals surface area contributed by atoms with E-state index in [2.05, 4.69) is 20.8 Å². The largest absolute Gasteiger partial charge is 0.243 e. The molecule has 1 saturated carbocycles. The summed E-state index contributed by atoms with van der Waals surface area (Å²) in [4.78, 5) is 0.256. The Morgan fingerprint density at radius 3 is 2.00 bits per heavy atom. The topological polar surface area (TPSA) is 71.5 Å². The highest BCUT2D eigenvalue weighted by Crippen LogP contribution is 2.37. The van der Waals surface area contributed by atoms with Crippen molar-refractivity contribution in [2.75, 3.05) is 11.5 Å². The summed E-state index contributed by atoms with van der Waals surface area (Å²) in [7, 11) is -6.79. The van der Waals surface area contributed by atoms with Gasteiger partial charge in [0.1, 0.15) is 0 Å². The molecule has 5 nitrogen and oxygen atoms in total. The van der Waals surface area contributed by atoms with Crippen LogP contribution in [0.2, 0.25) is 0 Å². The van der Waals surface area contributed by atoms with Gasteiger partial charge in [-0.05, 0) is 42.4 Å². The predicted molar refractivity (Wildman–Crippen MR) is 94.2 cm³/mol. The highest BCUT2D eigenvalue weighted by Gasteiger charge is 2.46. The molecule has 0 radical (unpaired) electrons. The lowest BCUT2D eigenvalue weighted by Gasteiger charge is -2.27. The molecule has 0 N–H and O–H groups in total.